The maximum atomic E-state index is 13.0. The number of ether oxygens (including phenoxy) is 1. The van der Waals surface area contributed by atoms with Crippen molar-refractivity contribution in [3.63, 3.8) is 0 Å². The zero-order valence-corrected chi connectivity index (χ0v) is 17.0. The molecule has 1 N–H and O–H groups in total. The van der Waals surface area contributed by atoms with E-state index in [2.05, 4.69) is 15.5 Å². The molecule has 1 aliphatic rings. The number of esters is 1. The van der Waals surface area contributed by atoms with E-state index in [-0.39, 0.29) is 42.0 Å². The molecule has 2 aromatic rings. The third kappa shape index (κ3) is 5.40. The molecule has 1 fully saturated rings. The van der Waals surface area contributed by atoms with Crippen molar-refractivity contribution < 1.29 is 23.2 Å². The highest BCUT2D eigenvalue weighted by molar-refractivity contribution is 5.86. The lowest BCUT2D eigenvalue weighted by molar-refractivity contribution is -0.160. The van der Waals surface area contributed by atoms with Crippen molar-refractivity contribution in [3.8, 4) is 11.4 Å². The van der Waals surface area contributed by atoms with Crippen LogP contribution < -0.4 is 5.32 Å². The van der Waals surface area contributed by atoms with Gasteiger partial charge in [-0.3, -0.25) is 9.59 Å². The Morgan fingerprint density at radius 1 is 1.21 bits per heavy atom. The Kier molecular flexibility index (Phi) is 6.00. The van der Waals surface area contributed by atoms with Crippen LogP contribution in [-0.4, -0.2) is 27.6 Å². The van der Waals surface area contributed by atoms with E-state index >= 15 is 0 Å². The minimum atomic E-state index is -0.810. The van der Waals surface area contributed by atoms with Crippen LogP contribution in [0, 0.1) is 11.2 Å². The topological polar surface area (TPSA) is 94.3 Å². The summed E-state index contributed by atoms with van der Waals surface area (Å²) in [5.74, 6) is -0.502. The number of carbonyl (C=O) groups is 2. The number of nitrogens with zero attached hydrogens (tertiary/aromatic N) is 2. The van der Waals surface area contributed by atoms with E-state index in [1.807, 2.05) is 20.8 Å². The Labute approximate surface area is 169 Å². The fraction of sp³-hybridized carbons (Fsp3) is 0.524. The highest BCUT2D eigenvalue weighted by Gasteiger charge is 2.44. The number of hydrogen-bond donors (Lipinski definition) is 1. The summed E-state index contributed by atoms with van der Waals surface area (Å²) in [5.41, 5.74) is -0.574. The molecule has 156 valence electrons. The highest BCUT2D eigenvalue weighted by Crippen LogP contribution is 2.42. The van der Waals surface area contributed by atoms with Crippen LogP contribution in [0.15, 0.2) is 28.8 Å². The largest absolute Gasteiger partial charge is 0.455 e. The molecule has 1 aromatic heterocycles. The molecular weight excluding hydrogens is 377 g/mol. The summed E-state index contributed by atoms with van der Waals surface area (Å²) >= 11 is 0. The summed E-state index contributed by atoms with van der Waals surface area (Å²) < 4.78 is 23.6. The molecule has 1 aromatic carbocycles. The lowest BCUT2D eigenvalue weighted by Crippen LogP contribution is -2.44. The SMILES string of the molecule is CC(C)(C)NC(=O)CC1(C(=O)OCc2nc(-c3ccc(F)cc3)no2)CCCC1. The minimum absolute atomic E-state index is 0.105. The van der Waals surface area contributed by atoms with Crippen LogP contribution in [0.4, 0.5) is 4.39 Å². The van der Waals surface area contributed by atoms with E-state index in [0.29, 0.717) is 18.4 Å². The number of amides is 1. The molecular formula is C21H26FN3O4. The van der Waals surface area contributed by atoms with Gasteiger partial charge in [0.05, 0.1) is 5.41 Å². The number of carbonyl (C=O) groups excluding carboxylic acids is 2. The Bertz CT molecular complexity index is 865. The zero-order chi connectivity index (χ0) is 21.1. The molecule has 0 atom stereocenters. The molecule has 29 heavy (non-hydrogen) atoms. The van der Waals surface area contributed by atoms with Crippen molar-refractivity contribution in [2.75, 3.05) is 0 Å². The van der Waals surface area contributed by atoms with Crippen molar-refractivity contribution in [1.29, 1.82) is 0 Å². The molecule has 0 radical (unpaired) electrons. The second-order valence-electron chi connectivity index (χ2n) is 8.56. The third-order valence-corrected chi connectivity index (χ3v) is 4.90. The van der Waals surface area contributed by atoms with Crippen molar-refractivity contribution in [2.45, 2.75) is 65.0 Å². The number of hydrogen-bond acceptors (Lipinski definition) is 6. The van der Waals surface area contributed by atoms with Crippen molar-refractivity contribution in [1.82, 2.24) is 15.5 Å². The predicted octanol–water partition coefficient (Wildman–Crippen LogP) is 3.78. The third-order valence-electron chi connectivity index (χ3n) is 4.90. The first-order valence-corrected chi connectivity index (χ1v) is 9.74. The normalized spacial score (nSPS) is 15.9. The molecule has 1 amide bonds. The van der Waals surface area contributed by atoms with Crippen molar-refractivity contribution in [2.24, 2.45) is 5.41 Å². The molecule has 1 heterocycles. The first kappa shape index (κ1) is 21.0. The van der Waals surface area contributed by atoms with Gasteiger partial charge < -0.3 is 14.6 Å². The molecule has 0 unspecified atom stereocenters. The van der Waals surface area contributed by atoms with E-state index in [9.17, 15) is 14.0 Å². The average Bonchev–Trinajstić information content (AvgIpc) is 3.29. The predicted molar refractivity (Wildman–Crippen MR) is 103 cm³/mol. The summed E-state index contributed by atoms with van der Waals surface area (Å²) in [6.07, 6.45) is 3.11. The Hall–Kier alpha value is -2.77. The molecule has 8 heteroatoms. The fourth-order valence-corrected chi connectivity index (χ4v) is 3.58. The lowest BCUT2D eigenvalue weighted by atomic mass is 9.82. The number of nitrogens with one attached hydrogen (secondary N) is 1. The highest BCUT2D eigenvalue weighted by atomic mass is 19.1. The fourth-order valence-electron chi connectivity index (χ4n) is 3.58. The van der Waals surface area contributed by atoms with Gasteiger partial charge in [-0.2, -0.15) is 4.98 Å². The standard InChI is InChI=1S/C21H26FN3O4/c1-20(2,3)24-16(26)12-21(10-4-5-11-21)19(27)28-13-17-23-18(25-29-17)14-6-8-15(22)9-7-14/h6-9H,4-5,10-13H2,1-3H3,(H,24,26). The van der Waals surface area contributed by atoms with Crippen molar-refractivity contribution in [3.05, 3.63) is 36.0 Å². The minimum Gasteiger partial charge on any atom is -0.455 e. The van der Waals surface area contributed by atoms with Gasteiger partial charge in [-0.05, 0) is 57.9 Å². The van der Waals surface area contributed by atoms with Gasteiger partial charge in [0.15, 0.2) is 6.61 Å². The average molecular weight is 403 g/mol. The van der Waals surface area contributed by atoms with Crippen LogP contribution >= 0.6 is 0 Å². The summed E-state index contributed by atoms with van der Waals surface area (Å²) in [6.45, 7) is 5.53. The molecule has 1 aliphatic carbocycles. The van der Waals surface area contributed by atoms with Crippen LogP contribution in [0.5, 0.6) is 0 Å². The summed E-state index contributed by atoms with van der Waals surface area (Å²) in [5, 5.41) is 6.74. The lowest BCUT2D eigenvalue weighted by Gasteiger charge is -2.28. The summed E-state index contributed by atoms with van der Waals surface area (Å²) in [4.78, 5) is 29.4. The molecule has 0 aliphatic heterocycles. The summed E-state index contributed by atoms with van der Waals surface area (Å²) in [7, 11) is 0. The van der Waals surface area contributed by atoms with Gasteiger partial charge in [0, 0.05) is 17.5 Å². The van der Waals surface area contributed by atoms with Gasteiger partial charge in [0.2, 0.25) is 11.7 Å². The molecule has 1 saturated carbocycles. The van der Waals surface area contributed by atoms with Gasteiger partial charge in [0.25, 0.3) is 5.89 Å². The van der Waals surface area contributed by atoms with E-state index in [0.717, 1.165) is 12.8 Å². The van der Waals surface area contributed by atoms with Gasteiger partial charge in [-0.15, -0.1) is 0 Å². The number of benzene rings is 1. The smallest absolute Gasteiger partial charge is 0.313 e. The van der Waals surface area contributed by atoms with E-state index in [4.69, 9.17) is 9.26 Å². The number of aromatic nitrogens is 2. The van der Waals surface area contributed by atoms with Crippen molar-refractivity contribution >= 4 is 11.9 Å². The second-order valence-corrected chi connectivity index (χ2v) is 8.56. The maximum absolute atomic E-state index is 13.0. The van der Waals surface area contributed by atoms with Crippen LogP contribution in [0.25, 0.3) is 11.4 Å². The first-order valence-electron chi connectivity index (χ1n) is 9.74. The Balaban J connectivity index is 1.62. The van der Waals surface area contributed by atoms with E-state index in [1.165, 1.54) is 24.3 Å². The molecule has 3 rings (SSSR count). The van der Waals surface area contributed by atoms with Gasteiger partial charge in [-0.1, -0.05) is 18.0 Å². The molecule has 0 spiro atoms. The van der Waals surface area contributed by atoms with Crippen LogP contribution in [0.1, 0.15) is 58.8 Å². The summed E-state index contributed by atoms with van der Waals surface area (Å²) in [6, 6.07) is 5.68. The van der Waals surface area contributed by atoms with Crippen LogP contribution in [-0.2, 0) is 20.9 Å². The van der Waals surface area contributed by atoms with E-state index < -0.39 is 11.4 Å². The van der Waals surface area contributed by atoms with Gasteiger partial charge in [0.1, 0.15) is 5.82 Å². The molecule has 0 saturated heterocycles. The van der Waals surface area contributed by atoms with E-state index in [1.54, 1.807) is 0 Å². The van der Waals surface area contributed by atoms with Crippen LogP contribution in [0.2, 0.25) is 0 Å². The molecule has 7 nitrogen and oxygen atoms in total. The first-order chi connectivity index (χ1) is 13.7. The number of rotatable bonds is 6. The Morgan fingerprint density at radius 2 is 1.86 bits per heavy atom. The second kappa shape index (κ2) is 8.31. The number of halogens is 1. The maximum Gasteiger partial charge on any atom is 0.313 e. The quantitative estimate of drug-likeness (QED) is 0.738. The monoisotopic (exact) mass is 403 g/mol. The Morgan fingerprint density at radius 3 is 2.48 bits per heavy atom. The zero-order valence-electron chi connectivity index (χ0n) is 17.0. The van der Waals surface area contributed by atoms with Gasteiger partial charge in [-0.25, -0.2) is 4.39 Å². The van der Waals surface area contributed by atoms with Crippen LogP contribution in [0.3, 0.4) is 0 Å². The molecule has 0 bridgehead atoms. The van der Waals surface area contributed by atoms with Gasteiger partial charge >= 0.3 is 5.97 Å².